The number of aryl methyl sites for hydroxylation is 1. The van der Waals surface area contributed by atoms with E-state index in [1.54, 1.807) is 37.3 Å². The lowest BCUT2D eigenvalue weighted by Gasteiger charge is -2.24. The van der Waals surface area contributed by atoms with Gasteiger partial charge in [0.15, 0.2) is 16.7 Å². The lowest BCUT2D eigenvalue weighted by atomic mass is 9.95. The summed E-state index contributed by atoms with van der Waals surface area (Å²) in [6.45, 7) is 5.50. The van der Waals surface area contributed by atoms with E-state index in [1.165, 1.54) is 17.1 Å². The van der Waals surface area contributed by atoms with Crippen LogP contribution in [0, 0.1) is 6.92 Å². The Morgan fingerprint density at radius 1 is 1.05 bits per heavy atom. The fourth-order valence-corrected chi connectivity index (χ4v) is 5.57. The van der Waals surface area contributed by atoms with Gasteiger partial charge < -0.3 is 14.6 Å². The first kappa shape index (κ1) is 29.2. The first-order chi connectivity index (χ1) is 20.9. The lowest BCUT2D eigenvalue weighted by Crippen LogP contribution is -2.30. The zero-order chi connectivity index (χ0) is 30.3. The zero-order valence-electron chi connectivity index (χ0n) is 23.3. The van der Waals surface area contributed by atoms with Crippen molar-refractivity contribution in [3.05, 3.63) is 142 Å². The molecule has 1 N–H and O–H groups in total. The summed E-state index contributed by atoms with van der Waals surface area (Å²) in [5.41, 5.74) is 2.51. The van der Waals surface area contributed by atoms with Crippen LogP contribution in [0.2, 0.25) is 0 Å². The number of ether oxygens (including phenoxy) is 2. The van der Waals surface area contributed by atoms with Gasteiger partial charge in [0.25, 0.3) is 5.91 Å². The number of aliphatic hydroxyl groups excluding tert-OH is 1. The Hall–Kier alpha value is -5.28. The molecule has 4 aromatic rings. The number of carbonyl (C=O) groups is 3. The molecule has 43 heavy (non-hydrogen) atoms. The van der Waals surface area contributed by atoms with Crippen LogP contribution in [0.25, 0.3) is 6.08 Å². The van der Waals surface area contributed by atoms with Crippen LogP contribution in [0.5, 0.6) is 5.75 Å². The maximum absolute atomic E-state index is 13.6. The van der Waals surface area contributed by atoms with Crippen LogP contribution in [0.3, 0.4) is 0 Å². The van der Waals surface area contributed by atoms with Crippen LogP contribution >= 0.6 is 11.3 Å². The molecule has 1 aromatic heterocycles. The number of benzene rings is 3. The quantitative estimate of drug-likeness (QED) is 0.120. The molecule has 1 aliphatic heterocycles. The molecule has 9 heteroatoms. The second-order valence-electron chi connectivity index (χ2n) is 9.59. The number of aliphatic hydroxyl groups is 1. The number of allylic oxidation sites excluding steroid dienone is 1. The predicted octanol–water partition coefficient (Wildman–Crippen LogP) is 6.56. The van der Waals surface area contributed by atoms with Gasteiger partial charge in [0.2, 0.25) is 0 Å². The smallest absolute Gasteiger partial charge is 0.350 e. The highest BCUT2D eigenvalue weighted by atomic mass is 32.1. The van der Waals surface area contributed by atoms with Gasteiger partial charge in [-0.1, -0.05) is 103 Å². The van der Waals surface area contributed by atoms with Crippen molar-refractivity contribution in [2.24, 2.45) is 0 Å². The summed E-state index contributed by atoms with van der Waals surface area (Å²) in [7, 11) is 0. The van der Waals surface area contributed by atoms with Gasteiger partial charge in [0, 0.05) is 0 Å². The minimum Gasteiger partial charge on any atom is -0.503 e. The Bertz CT molecular complexity index is 1730. The van der Waals surface area contributed by atoms with Crippen molar-refractivity contribution in [1.82, 2.24) is 4.98 Å². The van der Waals surface area contributed by atoms with E-state index in [2.05, 4.69) is 11.6 Å². The zero-order valence-corrected chi connectivity index (χ0v) is 24.1. The monoisotopic (exact) mass is 592 g/mol. The second-order valence-corrected chi connectivity index (χ2v) is 10.6. The van der Waals surface area contributed by atoms with E-state index in [0.717, 1.165) is 22.5 Å². The summed E-state index contributed by atoms with van der Waals surface area (Å²) in [5, 5.41) is 11.2. The number of hydrogen-bond donors (Lipinski definition) is 1. The molecule has 3 aromatic carbocycles. The van der Waals surface area contributed by atoms with Gasteiger partial charge in [0.1, 0.15) is 23.8 Å². The molecule has 0 fully saturated rings. The number of anilines is 1. The normalized spacial score (nSPS) is 14.8. The van der Waals surface area contributed by atoms with Gasteiger partial charge in [-0.05, 0) is 41.8 Å². The van der Waals surface area contributed by atoms with E-state index in [9.17, 15) is 19.5 Å². The second kappa shape index (κ2) is 13.1. The number of rotatable bonds is 11. The van der Waals surface area contributed by atoms with E-state index in [0.29, 0.717) is 23.6 Å². The highest BCUT2D eigenvalue weighted by Crippen LogP contribution is 2.43. The molecular weight excluding hydrogens is 564 g/mol. The van der Waals surface area contributed by atoms with Crippen LogP contribution < -0.4 is 9.64 Å². The Balaban J connectivity index is 1.53. The molecular formula is C34H28N2O6S. The fourth-order valence-electron chi connectivity index (χ4n) is 4.59. The van der Waals surface area contributed by atoms with Crippen LogP contribution in [-0.4, -0.2) is 34.4 Å². The summed E-state index contributed by atoms with van der Waals surface area (Å²) < 4.78 is 11.2. The molecule has 0 spiro atoms. The first-order valence-corrected chi connectivity index (χ1v) is 14.2. The third-order valence-electron chi connectivity index (χ3n) is 6.63. The molecule has 0 saturated heterocycles. The third kappa shape index (κ3) is 6.47. The van der Waals surface area contributed by atoms with Gasteiger partial charge in [-0.15, -0.1) is 0 Å². The highest BCUT2D eigenvalue weighted by Gasteiger charge is 2.45. The number of thiazole rings is 1. The lowest BCUT2D eigenvalue weighted by molar-refractivity contribution is -0.117. The number of nitrogens with zero attached hydrogens (tertiary/aromatic N) is 2. The predicted molar refractivity (Wildman–Crippen MR) is 165 cm³/mol. The van der Waals surface area contributed by atoms with Crippen LogP contribution in [0.4, 0.5) is 5.13 Å². The van der Waals surface area contributed by atoms with Crippen molar-refractivity contribution >= 4 is 40.2 Å². The Kier molecular flexibility index (Phi) is 8.93. The van der Waals surface area contributed by atoms with E-state index in [-0.39, 0.29) is 22.2 Å². The molecule has 1 atom stereocenters. The molecule has 0 radical (unpaired) electrons. The third-order valence-corrected chi connectivity index (χ3v) is 7.77. The first-order valence-electron chi connectivity index (χ1n) is 13.4. The highest BCUT2D eigenvalue weighted by molar-refractivity contribution is 7.17. The molecule has 216 valence electrons. The summed E-state index contributed by atoms with van der Waals surface area (Å²) in [6, 6.07) is 24.8. The molecule has 2 heterocycles. The van der Waals surface area contributed by atoms with Crippen molar-refractivity contribution in [1.29, 1.82) is 0 Å². The fraction of sp³-hybridized carbons (Fsp3) is 0.118. The van der Waals surface area contributed by atoms with Crippen molar-refractivity contribution in [3.8, 4) is 5.75 Å². The summed E-state index contributed by atoms with van der Waals surface area (Å²) >= 11 is 0.942. The molecule has 0 bridgehead atoms. The van der Waals surface area contributed by atoms with Gasteiger partial charge in [-0.3, -0.25) is 14.5 Å². The molecule has 5 rings (SSSR count). The summed E-state index contributed by atoms with van der Waals surface area (Å²) in [4.78, 5) is 45.7. The molecule has 1 amide bonds. The van der Waals surface area contributed by atoms with Gasteiger partial charge in [-0.25, -0.2) is 9.78 Å². The van der Waals surface area contributed by atoms with E-state index in [4.69, 9.17) is 9.47 Å². The topological polar surface area (TPSA) is 106 Å². The van der Waals surface area contributed by atoms with Gasteiger partial charge in [-0.2, -0.15) is 0 Å². The largest absolute Gasteiger partial charge is 0.503 e. The number of esters is 1. The van der Waals surface area contributed by atoms with Crippen molar-refractivity contribution in [2.45, 2.75) is 19.6 Å². The minimum absolute atomic E-state index is 0.0152. The van der Waals surface area contributed by atoms with Gasteiger partial charge >= 0.3 is 5.97 Å². The Morgan fingerprint density at radius 3 is 2.49 bits per heavy atom. The summed E-state index contributed by atoms with van der Waals surface area (Å²) in [5.74, 6) is -2.14. The van der Waals surface area contributed by atoms with Crippen LogP contribution in [-0.2, 0) is 20.9 Å². The number of carbonyl (C=O) groups excluding carboxylic acids is 3. The molecule has 0 aliphatic carbocycles. The SMILES string of the molecule is C=CCOC(=O)c1sc(N2C(=O)C(O)=C(C(=O)/C=C/c3ccccc3)C2c2cccc(OCc3ccccc3)c2)nc1C. The standard InChI is InChI=1S/C34H28N2O6S/c1-3-19-41-33(40)31-22(2)35-34(43-31)36-29(25-15-10-16-26(20-25)42-21-24-13-8-5-9-14-24)28(30(38)32(36)39)27(37)18-17-23-11-6-4-7-12-23/h3-18,20,29,38H,1,19,21H2,2H3/b18-17+. The van der Waals surface area contributed by atoms with Crippen molar-refractivity contribution in [2.75, 3.05) is 11.5 Å². The average molecular weight is 593 g/mol. The maximum atomic E-state index is 13.6. The maximum Gasteiger partial charge on any atom is 0.350 e. The average Bonchev–Trinajstić information content (AvgIpc) is 3.54. The van der Waals surface area contributed by atoms with Crippen LogP contribution in [0.15, 0.2) is 115 Å². The van der Waals surface area contributed by atoms with Crippen molar-refractivity contribution < 1.29 is 29.0 Å². The van der Waals surface area contributed by atoms with E-state index < -0.39 is 29.5 Å². The number of hydrogen-bond acceptors (Lipinski definition) is 8. The Morgan fingerprint density at radius 2 is 1.77 bits per heavy atom. The molecule has 1 unspecified atom stereocenters. The number of aromatic nitrogens is 1. The molecule has 1 aliphatic rings. The Labute approximate surface area is 252 Å². The number of ketones is 1. The van der Waals surface area contributed by atoms with E-state index >= 15 is 0 Å². The molecule has 0 saturated carbocycles. The van der Waals surface area contributed by atoms with Crippen molar-refractivity contribution in [3.63, 3.8) is 0 Å². The van der Waals surface area contributed by atoms with E-state index in [1.807, 2.05) is 60.7 Å². The number of amides is 1. The minimum atomic E-state index is -1.04. The summed E-state index contributed by atoms with van der Waals surface area (Å²) in [6.07, 6.45) is 4.39. The molecule has 8 nitrogen and oxygen atoms in total. The van der Waals surface area contributed by atoms with Crippen LogP contribution in [0.1, 0.15) is 38.1 Å². The van der Waals surface area contributed by atoms with Gasteiger partial charge in [0.05, 0.1) is 17.3 Å².